The second-order valence-electron chi connectivity index (χ2n) is 7.50. The molecule has 6 nitrogen and oxygen atoms in total. The molecular weight excluding hydrogens is 524 g/mol. The van der Waals surface area contributed by atoms with E-state index in [1.807, 2.05) is 38.1 Å². The fourth-order valence-corrected chi connectivity index (χ4v) is 3.27. The van der Waals surface area contributed by atoms with Gasteiger partial charge in [-0.25, -0.2) is 13.2 Å². The van der Waals surface area contributed by atoms with Gasteiger partial charge in [-0.2, -0.15) is 0 Å². The summed E-state index contributed by atoms with van der Waals surface area (Å²) < 4.78 is 46.0. The third kappa shape index (κ3) is 6.02. The lowest BCUT2D eigenvalue weighted by Crippen LogP contribution is -2.46. The van der Waals surface area contributed by atoms with Gasteiger partial charge >= 0.3 is 0 Å². The van der Waals surface area contributed by atoms with Gasteiger partial charge in [0.15, 0.2) is 23.4 Å². The number of halogens is 4. The minimum Gasteiger partial charge on any atom is -0.487 e. The Morgan fingerprint density at radius 1 is 1.16 bits per heavy atom. The van der Waals surface area contributed by atoms with Gasteiger partial charge in [-0.1, -0.05) is 18.2 Å². The normalized spacial score (nSPS) is 17.0. The Kier molecular flexibility index (Phi) is 8.15. The Labute approximate surface area is 195 Å². The van der Waals surface area contributed by atoms with E-state index in [4.69, 9.17) is 4.74 Å². The van der Waals surface area contributed by atoms with Crippen molar-refractivity contribution in [2.75, 3.05) is 18.9 Å². The number of para-hydroxylation sites is 1. The maximum absolute atomic E-state index is 13.7. The van der Waals surface area contributed by atoms with Crippen LogP contribution in [0.1, 0.15) is 31.9 Å². The standard InChI is InChI=1S/C21H23F3N4O2.HI/c1-21(2)10-15(12-6-4-5-7-16(12)30-21)28-20(25-3)26-11-17(29)27-14-9-8-13(22)18(23)19(14)24;/h4-9,15H,10-11H2,1-3H3,(H,27,29)(H2,25,26,28);1H. The average Bonchev–Trinajstić information content (AvgIpc) is 2.70. The number of nitrogens with one attached hydrogen (secondary N) is 3. The molecule has 1 atom stereocenters. The van der Waals surface area contributed by atoms with Gasteiger partial charge in [-0.05, 0) is 32.0 Å². The van der Waals surface area contributed by atoms with Crippen LogP contribution in [0.15, 0.2) is 41.4 Å². The summed E-state index contributed by atoms with van der Waals surface area (Å²) >= 11 is 0. The van der Waals surface area contributed by atoms with Crippen LogP contribution in [0.25, 0.3) is 0 Å². The van der Waals surface area contributed by atoms with Crippen LogP contribution in [0, 0.1) is 17.5 Å². The molecule has 0 fully saturated rings. The summed E-state index contributed by atoms with van der Waals surface area (Å²) in [6.07, 6.45) is 0.664. The number of aliphatic imine (C=N–C) groups is 1. The maximum Gasteiger partial charge on any atom is 0.243 e. The zero-order valence-corrected chi connectivity index (χ0v) is 19.6. The van der Waals surface area contributed by atoms with E-state index in [0.717, 1.165) is 23.4 Å². The van der Waals surface area contributed by atoms with Crippen LogP contribution in [-0.2, 0) is 4.79 Å². The second kappa shape index (κ2) is 10.2. The molecular formula is C21H24F3IN4O2. The van der Waals surface area contributed by atoms with Crippen molar-refractivity contribution in [3.05, 3.63) is 59.4 Å². The van der Waals surface area contributed by atoms with Crippen molar-refractivity contribution in [1.29, 1.82) is 0 Å². The number of hydrogen-bond donors (Lipinski definition) is 3. The lowest BCUT2D eigenvalue weighted by Gasteiger charge is -2.38. The molecule has 10 heteroatoms. The molecule has 2 aromatic rings. The van der Waals surface area contributed by atoms with Crippen LogP contribution in [0.3, 0.4) is 0 Å². The fourth-order valence-electron chi connectivity index (χ4n) is 3.27. The first kappa shape index (κ1) is 24.8. The summed E-state index contributed by atoms with van der Waals surface area (Å²) in [5.41, 5.74) is 0.128. The van der Waals surface area contributed by atoms with Crippen LogP contribution in [0.2, 0.25) is 0 Å². The van der Waals surface area contributed by atoms with Gasteiger partial charge < -0.3 is 20.7 Å². The number of carbonyl (C=O) groups excluding carboxylic acids is 1. The van der Waals surface area contributed by atoms with Crippen LogP contribution in [-0.4, -0.2) is 31.1 Å². The lowest BCUT2D eigenvalue weighted by molar-refractivity contribution is -0.115. The quantitative estimate of drug-likeness (QED) is 0.233. The van der Waals surface area contributed by atoms with E-state index in [0.29, 0.717) is 12.4 Å². The van der Waals surface area contributed by atoms with Gasteiger partial charge in [-0.3, -0.25) is 9.79 Å². The zero-order valence-electron chi connectivity index (χ0n) is 17.3. The van der Waals surface area contributed by atoms with E-state index in [1.165, 1.54) is 0 Å². The predicted octanol–water partition coefficient (Wildman–Crippen LogP) is 4.13. The smallest absolute Gasteiger partial charge is 0.243 e. The highest BCUT2D eigenvalue weighted by Gasteiger charge is 2.34. The van der Waals surface area contributed by atoms with E-state index in [-0.39, 0.29) is 36.6 Å². The molecule has 1 aliphatic heterocycles. The van der Waals surface area contributed by atoms with Gasteiger partial charge in [0.25, 0.3) is 0 Å². The van der Waals surface area contributed by atoms with Crippen molar-refractivity contribution in [3.63, 3.8) is 0 Å². The number of nitrogens with zero attached hydrogens (tertiary/aromatic N) is 1. The number of benzene rings is 2. The number of anilines is 1. The molecule has 1 aliphatic rings. The van der Waals surface area contributed by atoms with Crippen LogP contribution < -0.4 is 20.7 Å². The number of guanidine groups is 1. The molecule has 0 saturated heterocycles. The number of ether oxygens (including phenoxy) is 1. The van der Waals surface area contributed by atoms with Gasteiger partial charge in [-0.15, -0.1) is 24.0 Å². The van der Waals surface area contributed by atoms with Crippen molar-refractivity contribution in [1.82, 2.24) is 10.6 Å². The number of hydrogen-bond acceptors (Lipinski definition) is 3. The second-order valence-corrected chi connectivity index (χ2v) is 7.50. The van der Waals surface area contributed by atoms with Crippen molar-refractivity contribution < 1.29 is 22.7 Å². The number of fused-ring (bicyclic) bond motifs is 1. The topological polar surface area (TPSA) is 74.8 Å². The van der Waals surface area contributed by atoms with Crippen molar-refractivity contribution in [2.24, 2.45) is 4.99 Å². The van der Waals surface area contributed by atoms with E-state index >= 15 is 0 Å². The first-order valence-electron chi connectivity index (χ1n) is 9.38. The highest BCUT2D eigenvalue weighted by Crippen LogP contribution is 2.39. The Bertz CT molecular complexity index is 985. The summed E-state index contributed by atoms with van der Waals surface area (Å²) in [5, 5.41) is 8.30. The average molecular weight is 548 g/mol. The Hall–Kier alpha value is -2.50. The van der Waals surface area contributed by atoms with Gasteiger partial charge in [0.2, 0.25) is 5.91 Å². The van der Waals surface area contributed by atoms with E-state index in [2.05, 4.69) is 20.9 Å². The molecule has 0 aliphatic carbocycles. The van der Waals surface area contributed by atoms with Gasteiger partial charge in [0.05, 0.1) is 18.3 Å². The number of carbonyl (C=O) groups is 1. The van der Waals surface area contributed by atoms with Gasteiger partial charge in [0, 0.05) is 19.0 Å². The molecule has 0 spiro atoms. The van der Waals surface area contributed by atoms with Crippen LogP contribution >= 0.6 is 24.0 Å². The highest BCUT2D eigenvalue weighted by molar-refractivity contribution is 14.0. The summed E-state index contributed by atoms with van der Waals surface area (Å²) in [4.78, 5) is 16.2. The molecule has 1 unspecified atom stereocenters. The highest BCUT2D eigenvalue weighted by atomic mass is 127. The molecule has 2 aromatic carbocycles. The van der Waals surface area contributed by atoms with Crippen molar-refractivity contribution in [3.8, 4) is 5.75 Å². The maximum atomic E-state index is 13.7. The molecule has 168 valence electrons. The monoisotopic (exact) mass is 548 g/mol. The van der Waals surface area contributed by atoms with Crippen molar-refractivity contribution in [2.45, 2.75) is 31.9 Å². The SMILES string of the molecule is CN=C(NCC(=O)Nc1ccc(F)c(F)c1F)NC1CC(C)(C)Oc2ccccc21.I. The van der Waals surface area contributed by atoms with Gasteiger partial charge in [0.1, 0.15) is 11.4 Å². The van der Waals surface area contributed by atoms with E-state index in [1.54, 1.807) is 7.05 Å². The molecule has 3 N–H and O–H groups in total. The third-order valence-corrected chi connectivity index (χ3v) is 4.64. The molecule has 31 heavy (non-hydrogen) atoms. The molecule has 0 bridgehead atoms. The predicted molar refractivity (Wildman–Crippen MR) is 123 cm³/mol. The van der Waals surface area contributed by atoms with Crippen molar-refractivity contribution >= 4 is 41.5 Å². The molecule has 0 radical (unpaired) electrons. The summed E-state index contributed by atoms with van der Waals surface area (Å²) in [7, 11) is 1.55. The zero-order chi connectivity index (χ0) is 21.9. The number of rotatable bonds is 4. The largest absolute Gasteiger partial charge is 0.487 e. The lowest BCUT2D eigenvalue weighted by atomic mass is 9.90. The summed E-state index contributed by atoms with van der Waals surface area (Å²) in [6.45, 7) is 3.71. The van der Waals surface area contributed by atoms with E-state index in [9.17, 15) is 18.0 Å². The Morgan fingerprint density at radius 2 is 1.87 bits per heavy atom. The summed E-state index contributed by atoms with van der Waals surface area (Å²) in [5.74, 6) is -3.93. The third-order valence-electron chi connectivity index (χ3n) is 4.64. The fraction of sp³-hybridized carbons (Fsp3) is 0.333. The molecule has 0 aromatic heterocycles. The first-order chi connectivity index (χ1) is 14.2. The molecule has 1 amide bonds. The Balaban J connectivity index is 0.00000341. The Morgan fingerprint density at radius 3 is 2.58 bits per heavy atom. The minimum absolute atomic E-state index is 0. The van der Waals surface area contributed by atoms with Crippen LogP contribution in [0.4, 0.5) is 18.9 Å². The molecule has 1 heterocycles. The number of amides is 1. The molecule has 0 saturated carbocycles. The first-order valence-corrected chi connectivity index (χ1v) is 9.38. The minimum atomic E-state index is -1.64. The van der Waals surface area contributed by atoms with E-state index < -0.39 is 34.6 Å². The van der Waals surface area contributed by atoms with Crippen LogP contribution in [0.5, 0.6) is 5.75 Å². The molecule has 3 rings (SSSR count). The summed E-state index contributed by atoms with van der Waals surface area (Å²) in [6, 6.07) is 9.25.